The van der Waals surface area contributed by atoms with E-state index in [1.165, 1.54) is 105 Å². The van der Waals surface area contributed by atoms with Gasteiger partial charge in [-0.25, -0.2) is 0 Å². The van der Waals surface area contributed by atoms with E-state index in [9.17, 15) is 0 Å². The van der Waals surface area contributed by atoms with Gasteiger partial charge in [0.25, 0.3) is 0 Å². The fraction of sp³-hybridized carbons (Fsp3) is 0.417. The van der Waals surface area contributed by atoms with E-state index in [2.05, 4.69) is 187 Å². The topological polar surface area (TPSA) is 0 Å². The summed E-state index contributed by atoms with van der Waals surface area (Å²) in [5.74, 6) is 0. The Kier molecular flexibility index (Phi) is 22.1. The van der Waals surface area contributed by atoms with Crippen LogP contribution in [0.5, 0.6) is 0 Å². The maximum atomic E-state index is 2.44. The monoisotopic (exact) mass is 955 g/mol. The van der Waals surface area contributed by atoms with Gasteiger partial charge in [0.05, 0.1) is 0 Å². The van der Waals surface area contributed by atoms with Gasteiger partial charge in [0, 0.05) is 0 Å². The number of hydrogen-bond acceptors (Lipinski definition) is 0. The van der Waals surface area contributed by atoms with E-state index in [4.69, 9.17) is 0 Å². The minimum atomic E-state index is 1.06. The smallest absolute Gasteiger partial charge is 0.0233 e. The van der Waals surface area contributed by atoms with Crippen LogP contribution < -0.4 is 0 Å². The van der Waals surface area contributed by atoms with Crippen LogP contribution in [-0.2, 0) is 116 Å². The molecule has 72 heavy (non-hydrogen) atoms. The molecule has 0 radical (unpaired) electrons. The molecule has 0 nitrogen and oxygen atoms in total. The van der Waals surface area contributed by atoms with Crippen molar-refractivity contribution in [1.29, 1.82) is 0 Å². The van der Waals surface area contributed by atoms with Crippen LogP contribution in [0.25, 0.3) is 0 Å². The predicted octanol–water partition coefficient (Wildman–Crippen LogP) is 18.1. The van der Waals surface area contributed by atoms with E-state index in [-0.39, 0.29) is 0 Å². The summed E-state index contributed by atoms with van der Waals surface area (Å²) in [5, 5.41) is 0. The third kappa shape index (κ3) is 16.3. The van der Waals surface area contributed by atoms with Crippen molar-refractivity contribution < 1.29 is 0 Å². The molecular weight excluding hydrogens is 865 g/mol. The molecule has 0 heterocycles. The predicted molar refractivity (Wildman–Crippen MR) is 314 cm³/mol. The number of hydrogen-bond donors (Lipinski definition) is 0. The van der Waals surface area contributed by atoms with Crippen molar-refractivity contribution in [2.45, 2.75) is 196 Å². The van der Waals surface area contributed by atoms with Gasteiger partial charge in [0.1, 0.15) is 0 Å². The van der Waals surface area contributed by atoms with Gasteiger partial charge in [0.2, 0.25) is 0 Å². The quantitative estimate of drug-likeness (QED) is 0.0421. The first-order valence-electron chi connectivity index (χ1n) is 29.0. The summed E-state index contributed by atoms with van der Waals surface area (Å²) < 4.78 is 0. The molecule has 0 heteroatoms. The fourth-order valence-corrected chi connectivity index (χ4v) is 11.5. The lowest BCUT2D eigenvalue weighted by Crippen LogP contribution is -2.18. The minimum absolute atomic E-state index is 1.06. The molecule has 0 aliphatic carbocycles. The second kappa shape index (κ2) is 29.3. The molecule has 0 amide bonds. The Morgan fingerprint density at radius 2 is 0.236 bits per heavy atom. The van der Waals surface area contributed by atoms with Gasteiger partial charge >= 0.3 is 0 Å². The standard InChI is InChI=1S/C72H90/c1-7-13-55-19-31-61(32-20-55)43-49-67-68(50-44-62-33-21-56(14-8-2)22-34-62)70(52-46-64-37-25-58(16-10-4)26-38-64)72(54-48-66-41-29-60(18-12-6)30-42-66)71(53-47-65-39-27-59(17-11-5)28-40-65)69(67)51-45-63-35-23-57(15-9-3)24-36-63/h19-42H,7-18,43-54H2,1-6H3. The zero-order valence-electron chi connectivity index (χ0n) is 45.8. The molecule has 0 bridgehead atoms. The Balaban J connectivity index is 1.42. The second-order valence-corrected chi connectivity index (χ2v) is 21.3. The molecule has 0 aromatic heterocycles. The Labute approximate surface area is 439 Å². The summed E-state index contributed by atoms with van der Waals surface area (Å²) >= 11 is 0. The highest BCUT2D eigenvalue weighted by atomic mass is 14.3. The van der Waals surface area contributed by atoms with Crippen LogP contribution in [0.4, 0.5) is 0 Å². The highest BCUT2D eigenvalue weighted by Crippen LogP contribution is 2.36. The van der Waals surface area contributed by atoms with Crippen molar-refractivity contribution in [3.8, 4) is 0 Å². The molecule has 7 aromatic carbocycles. The van der Waals surface area contributed by atoms with Crippen LogP contribution in [0.2, 0.25) is 0 Å². The summed E-state index contributed by atoms with van der Waals surface area (Å²) in [4.78, 5) is 0. The highest BCUT2D eigenvalue weighted by molar-refractivity contribution is 5.55. The molecular formula is C72H90. The third-order valence-corrected chi connectivity index (χ3v) is 15.5. The lowest BCUT2D eigenvalue weighted by molar-refractivity contribution is 0.776. The molecule has 0 saturated carbocycles. The maximum Gasteiger partial charge on any atom is -0.0233 e. The van der Waals surface area contributed by atoms with Crippen LogP contribution in [0.3, 0.4) is 0 Å². The van der Waals surface area contributed by atoms with Crippen LogP contribution in [0, 0.1) is 0 Å². The Morgan fingerprint density at radius 3 is 0.333 bits per heavy atom. The average Bonchev–Trinajstić information content (AvgIpc) is 3.40. The van der Waals surface area contributed by atoms with E-state index in [0.717, 1.165) is 116 Å². The molecule has 378 valence electrons. The largest absolute Gasteiger partial charge is 0.0651 e. The van der Waals surface area contributed by atoms with Crippen LogP contribution in [-0.4, -0.2) is 0 Å². The van der Waals surface area contributed by atoms with Crippen molar-refractivity contribution >= 4 is 0 Å². The van der Waals surface area contributed by atoms with E-state index in [1.807, 2.05) is 0 Å². The van der Waals surface area contributed by atoms with Crippen molar-refractivity contribution in [1.82, 2.24) is 0 Å². The summed E-state index contributed by atoms with van der Waals surface area (Å²) in [6.07, 6.45) is 26.7. The van der Waals surface area contributed by atoms with Gasteiger partial charge in [-0.15, -0.1) is 0 Å². The fourth-order valence-electron chi connectivity index (χ4n) is 11.5. The van der Waals surface area contributed by atoms with Gasteiger partial charge in [-0.2, -0.15) is 0 Å². The SMILES string of the molecule is CCCc1ccc(CCc2c(CCc3ccc(CCC)cc3)c(CCc3ccc(CCC)cc3)c(CCc3ccc(CCC)cc3)c(CCc3ccc(CCC)cc3)c2CCc2ccc(CCC)cc2)cc1. The zero-order valence-corrected chi connectivity index (χ0v) is 45.8. The lowest BCUT2D eigenvalue weighted by atomic mass is 9.76. The third-order valence-electron chi connectivity index (χ3n) is 15.5. The van der Waals surface area contributed by atoms with Crippen molar-refractivity contribution in [3.05, 3.63) is 246 Å². The maximum absolute atomic E-state index is 2.44. The van der Waals surface area contributed by atoms with Crippen LogP contribution in [0.1, 0.15) is 180 Å². The Morgan fingerprint density at radius 1 is 0.139 bits per heavy atom. The molecule has 0 saturated heterocycles. The number of benzene rings is 7. The van der Waals surface area contributed by atoms with Gasteiger partial charge in [-0.3, -0.25) is 0 Å². The second-order valence-electron chi connectivity index (χ2n) is 21.3. The molecule has 7 aromatic rings. The molecule has 7 rings (SSSR count). The molecule has 0 aliphatic heterocycles. The lowest BCUT2D eigenvalue weighted by Gasteiger charge is -2.28. The summed E-state index contributed by atoms with van der Waals surface area (Å²) in [5.41, 5.74) is 27.5. The molecule has 0 atom stereocenters. The Bertz CT molecular complexity index is 2120. The van der Waals surface area contributed by atoms with E-state index in [0.29, 0.717) is 0 Å². The van der Waals surface area contributed by atoms with Crippen LogP contribution >= 0.6 is 0 Å². The van der Waals surface area contributed by atoms with Crippen molar-refractivity contribution in [2.75, 3.05) is 0 Å². The first-order valence-corrected chi connectivity index (χ1v) is 29.0. The Hall–Kier alpha value is -5.46. The van der Waals surface area contributed by atoms with E-state index < -0.39 is 0 Å². The van der Waals surface area contributed by atoms with Crippen molar-refractivity contribution in [2.24, 2.45) is 0 Å². The first-order chi connectivity index (χ1) is 35.4. The van der Waals surface area contributed by atoms with Crippen molar-refractivity contribution in [3.63, 3.8) is 0 Å². The molecule has 0 unspecified atom stereocenters. The first kappa shape index (κ1) is 54.3. The summed E-state index contributed by atoms with van der Waals surface area (Å²) in [7, 11) is 0. The zero-order chi connectivity index (χ0) is 50.3. The van der Waals surface area contributed by atoms with Gasteiger partial charge in [-0.1, -0.05) is 226 Å². The van der Waals surface area contributed by atoms with Gasteiger partial charge in [0.15, 0.2) is 0 Å². The molecule has 0 aliphatic rings. The van der Waals surface area contributed by atoms with Gasteiger partial charge < -0.3 is 0 Å². The molecule has 0 spiro atoms. The highest BCUT2D eigenvalue weighted by Gasteiger charge is 2.24. The van der Waals surface area contributed by atoms with E-state index in [1.54, 1.807) is 33.4 Å². The molecule has 0 N–H and O–H groups in total. The van der Waals surface area contributed by atoms with E-state index >= 15 is 0 Å². The number of aryl methyl sites for hydroxylation is 12. The summed E-state index contributed by atoms with van der Waals surface area (Å²) in [6.45, 7) is 13.8. The van der Waals surface area contributed by atoms with Gasteiger partial charge in [-0.05, 0) is 216 Å². The number of rotatable bonds is 30. The summed E-state index contributed by atoms with van der Waals surface area (Å²) in [6, 6.07) is 58.0. The normalized spacial score (nSPS) is 11.4. The minimum Gasteiger partial charge on any atom is -0.0651 e. The van der Waals surface area contributed by atoms with Crippen LogP contribution in [0.15, 0.2) is 146 Å². The molecule has 0 fully saturated rings. The average molecular weight is 956 g/mol.